The van der Waals surface area contributed by atoms with Gasteiger partial charge in [0.2, 0.25) is 10.0 Å². The molecule has 0 bridgehead atoms. The average molecular weight is 531 g/mol. The molecule has 0 saturated carbocycles. The molecule has 0 heterocycles. The van der Waals surface area contributed by atoms with Crippen molar-refractivity contribution in [2.75, 3.05) is 19.8 Å². The Balaban J connectivity index is 1.72. The molecule has 0 aliphatic carbocycles. The number of amides is 1. The van der Waals surface area contributed by atoms with Crippen molar-refractivity contribution in [3.63, 3.8) is 0 Å². The molecule has 0 aromatic heterocycles. The number of carbonyl (C=O) groups is 2. The van der Waals surface area contributed by atoms with Crippen LogP contribution in [0.5, 0.6) is 11.5 Å². The van der Waals surface area contributed by atoms with Gasteiger partial charge in [-0.2, -0.15) is 0 Å². The lowest BCUT2D eigenvalue weighted by Crippen LogP contribution is -2.25. The number of aliphatic carboxylic acids is 1. The molecule has 3 aromatic rings. The number of hydrogen-bond donors (Lipinski definition) is 1. The maximum atomic E-state index is 12.7. The molecule has 8 nitrogen and oxygen atoms in total. The first kappa shape index (κ1) is 27.2. The Kier molecular flexibility index (Phi) is 9.08. The Morgan fingerprint density at radius 1 is 0.972 bits per heavy atom. The van der Waals surface area contributed by atoms with E-state index in [1.54, 1.807) is 42.5 Å². The quantitative estimate of drug-likeness (QED) is 0.370. The minimum absolute atomic E-state index is 0.000811. The van der Waals surface area contributed by atoms with E-state index in [2.05, 4.69) is 0 Å². The van der Waals surface area contributed by atoms with Gasteiger partial charge in [-0.15, -0.1) is 0 Å². The first-order valence-electron chi connectivity index (χ1n) is 11.1. The Bertz CT molecular complexity index is 1310. The molecular weight excluding hydrogens is 504 g/mol. The third-order valence-corrected chi connectivity index (χ3v) is 7.01. The van der Waals surface area contributed by atoms with Crippen LogP contribution in [0.4, 0.5) is 0 Å². The highest BCUT2D eigenvalue weighted by molar-refractivity contribution is 7.88. The van der Waals surface area contributed by atoms with Crippen LogP contribution in [0.2, 0.25) is 0 Å². The lowest BCUT2D eigenvalue weighted by Gasteiger charge is -2.18. The predicted octanol–water partition coefficient (Wildman–Crippen LogP) is 4.34. The molecule has 36 heavy (non-hydrogen) atoms. The van der Waals surface area contributed by atoms with E-state index in [9.17, 15) is 18.0 Å². The van der Waals surface area contributed by atoms with Crippen molar-refractivity contribution in [1.29, 1.82) is 0 Å². The Labute approximate surface area is 215 Å². The number of carbonyl (C=O) groups excluding carboxylic acids is 1. The smallest absolute Gasteiger partial charge is 0.307 e. The van der Waals surface area contributed by atoms with Gasteiger partial charge in [0.25, 0.3) is 5.91 Å². The summed E-state index contributed by atoms with van der Waals surface area (Å²) in [4.78, 5) is 23.8. The number of hydrogen-bond acceptors (Lipinski definition) is 5. The molecule has 0 unspecified atom stereocenters. The zero-order chi connectivity index (χ0) is 26.3. The highest BCUT2D eigenvalue weighted by atomic mass is 35.5. The van der Waals surface area contributed by atoms with Gasteiger partial charge in [0.1, 0.15) is 11.5 Å². The van der Waals surface area contributed by atoms with E-state index in [-0.39, 0.29) is 18.9 Å². The first-order chi connectivity index (χ1) is 17.0. The molecule has 0 spiro atoms. The number of halogens is 1. The van der Waals surface area contributed by atoms with Gasteiger partial charge in [-0.3, -0.25) is 14.0 Å². The van der Waals surface area contributed by atoms with Crippen molar-refractivity contribution < 1.29 is 27.9 Å². The van der Waals surface area contributed by atoms with Crippen LogP contribution >= 0.6 is 11.8 Å². The second-order valence-corrected chi connectivity index (χ2v) is 10.8. The summed E-state index contributed by atoms with van der Waals surface area (Å²) in [6.07, 6.45) is 1.51. The minimum atomic E-state index is -3.47. The van der Waals surface area contributed by atoms with Crippen LogP contribution in [0.15, 0.2) is 72.8 Å². The fraction of sp³-hybridized carbons (Fsp3) is 0.231. The van der Waals surface area contributed by atoms with Crippen LogP contribution in [0.25, 0.3) is 0 Å². The van der Waals surface area contributed by atoms with E-state index in [0.717, 1.165) is 20.5 Å². The molecule has 0 aliphatic rings. The number of carboxylic acids is 1. The third kappa shape index (κ3) is 7.81. The zero-order valence-corrected chi connectivity index (χ0v) is 21.5. The summed E-state index contributed by atoms with van der Waals surface area (Å²) in [5, 5.41) is 9.10. The van der Waals surface area contributed by atoms with E-state index in [1.165, 1.54) is 7.05 Å². The number of rotatable bonds is 11. The van der Waals surface area contributed by atoms with Gasteiger partial charge >= 0.3 is 5.97 Å². The molecule has 0 atom stereocenters. The molecule has 190 valence electrons. The largest absolute Gasteiger partial charge is 0.481 e. The monoisotopic (exact) mass is 530 g/mol. The molecule has 10 heteroatoms. The van der Waals surface area contributed by atoms with Gasteiger partial charge in [0.05, 0.1) is 12.7 Å². The fourth-order valence-electron chi connectivity index (χ4n) is 3.40. The van der Waals surface area contributed by atoms with E-state index >= 15 is 0 Å². The highest BCUT2D eigenvalue weighted by Crippen LogP contribution is 2.28. The van der Waals surface area contributed by atoms with Crippen LogP contribution in [0, 0.1) is 0 Å². The Hall–Kier alpha value is -3.40. The zero-order valence-electron chi connectivity index (χ0n) is 19.9. The SMILES string of the molecule is CN(Cc1cc(CC(=O)O)ccc1Oc1ccc(C(=O)N(Cl)CCc2ccccc2)cc1)S(C)(=O)=O. The van der Waals surface area contributed by atoms with Crippen molar-refractivity contribution >= 4 is 33.7 Å². The molecule has 1 amide bonds. The molecule has 0 saturated heterocycles. The third-order valence-electron chi connectivity index (χ3n) is 5.43. The summed E-state index contributed by atoms with van der Waals surface area (Å²) in [6.45, 7) is 0.351. The van der Waals surface area contributed by atoms with Crippen LogP contribution in [-0.2, 0) is 34.2 Å². The van der Waals surface area contributed by atoms with Crippen molar-refractivity contribution in [1.82, 2.24) is 8.72 Å². The molecular formula is C26H27ClN2O6S. The number of ether oxygens (including phenoxy) is 1. The standard InChI is InChI=1S/C26H27ClN2O6S/c1-28(36(2,33)34)18-22-16-20(17-25(30)31)8-13-24(22)35-23-11-9-21(10-12-23)26(32)29(27)15-14-19-6-4-3-5-7-19/h3-13,16H,14-15,17-18H2,1-2H3,(H,30,31). The molecule has 3 rings (SSSR count). The van der Waals surface area contributed by atoms with E-state index in [4.69, 9.17) is 21.6 Å². The topological polar surface area (TPSA) is 104 Å². The summed E-state index contributed by atoms with van der Waals surface area (Å²) < 4.78 is 32.0. The summed E-state index contributed by atoms with van der Waals surface area (Å²) in [7, 11) is -2.04. The molecule has 3 aromatic carbocycles. The van der Waals surface area contributed by atoms with Gasteiger partial charge in [0, 0.05) is 43.0 Å². The summed E-state index contributed by atoms with van der Waals surface area (Å²) in [5.74, 6) is -0.539. The van der Waals surface area contributed by atoms with Crippen LogP contribution < -0.4 is 4.74 Å². The van der Waals surface area contributed by atoms with Gasteiger partial charge in [0.15, 0.2) is 0 Å². The van der Waals surface area contributed by atoms with Gasteiger partial charge in [-0.1, -0.05) is 42.5 Å². The van der Waals surface area contributed by atoms with Crippen LogP contribution in [0.3, 0.4) is 0 Å². The second-order valence-electron chi connectivity index (χ2n) is 8.28. The number of nitrogens with zero attached hydrogens (tertiary/aromatic N) is 2. The summed E-state index contributed by atoms with van der Waals surface area (Å²) in [5.41, 5.74) is 2.49. The van der Waals surface area contributed by atoms with E-state index in [1.807, 2.05) is 30.3 Å². The van der Waals surface area contributed by atoms with Crippen molar-refractivity contribution in [3.8, 4) is 11.5 Å². The normalized spacial score (nSPS) is 11.3. The summed E-state index contributed by atoms with van der Waals surface area (Å²) in [6, 6.07) is 21.0. The maximum Gasteiger partial charge on any atom is 0.307 e. The predicted molar refractivity (Wildman–Crippen MR) is 138 cm³/mol. The lowest BCUT2D eigenvalue weighted by atomic mass is 10.1. The Morgan fingerprint density at radius 3 is 2.25 bits per heavy atom. The summed E-state index contributed by atoms with van der Waals surface area (Å²) >= 11 is 6.20. The average Bonchev–Trinajstić information content (AvgIpc) is 2.84. The maximum absolute atomic E-state index is 12.7. The number of carboxylic acid groups (broad SMARTS) is 1. The molecule has 0 radical (unpaired) electrons. The highest BCUT2D eigenvalue weighted by Gasteiger charge is 2.17. The lowest BCUT2D eigenvalue weighted by molar-refractivity contribution is -0.136. The first-order valence-corrected chi connectivity index (χ1v) is 13.3. The van der Waals surface area contributed by atoms with Crippen LogP contribution in [-0.4, -0.2) is 54.0 Å². The minimum Gasteiger partial charge on any atom is -0.481 e. The van der Waals surface area contributed by atoms with Crippen molar-refractivity contribution in [2.24, 2.45) is 0 Å². The number of benzene rings is 3. The molecule has 0 fully saturated rings. The number of sulfonamides is 1. The van der Waals surface area contributed by atoms with Crippen LogP contribution in [0.1, 0.15) is 27.0 Å². The van der Waals surface area contributed by atoms with Gasteiger partial charge in [-0.25, -0.2) is 12.7 Å². The fourth-order valence-corrected chi connectivity index (χ4v) is 3.96. The van der Waals surface area contributed by atoms with Gasteiger partial charge < -0.3 is 9.84 Å². The van der Waals surface area contributed by atoms with Crippen molar-refractivity contribution in [3.05, 3.63) is 95.1 Å². The van der Waals surface area contributed by atoms with Gasteiger partial charge in [-0.05, 0) is 47.9 Å². The van der Waals surface area contributed by atoms with E-state index < -0.39 is 16.0 Å². The van der Waals surface area contributed by atoms with E-state index in [0.29, 0.717) is 41.2 Å². The molecule has 0 aliphatic heterocycles. The van der Waals surface area contributed by atoms with Crippen molar-refractivity contribution in [2.45, 2.75) is 19.4 Å². The second kappa shape index (κ2) is 12.0. The Morgan fingerprint density at radius 2 is 1.64 bits per heavy atom. The molecule has 1 N–H and O–H groups in total.